The van der Waals surface area contributed by atoms with Crippen molar-refractivity contribution in [1.29, 1.82) is 0 Å². The molecule has 24 heavy (non-hydrogen) atoms. The van der Waals surface area contributed by atoms with E-state index in [1.807, 2.05) is 13.8 Å². The van der Waals surface area contributed by atoms with Crippen molar-refractivity contribution in [2.45, 2.75) is 45.0 Å². The van der Waals surface area contributed by atoms with E-state index in [1.165, 1.54) is 36.4 Å². The lowest BCUT2D eigenvalue weighted by Crippen LogP contribution is -2.28. The van der Waals surface area contributed by atoms with E-state index in [0.717, 1.165) is 5.56 Å². The Balaban J connectivity index is 2.34. The van der Waals surface area contributed by atoms with Crippen LogP contribution in [0.4, 0.5) is 8.78 Å². The molecule has 2 rings (SSSR count). The van der Waals surface area contributed by atoms with Crippen LogP contribution in [0.15, 0.2) is 48.5 Å². The number of benzene rings is 2. The van der Waals surface area contributed by atoms with Gasteiger partial charge in [0.25, 0.3) is 5.92 Å². The maximum Gasteiger partial charge on any atom is 0.313 e. The number of hydrogen-bond donors (Lipinski definition) is 1. The van der Waals surface area contributed by atoms with Crippen LogP contribution in [0.5, 0.6) is 0 Å². The molecule has 0 aliphatic rings. The summed E-state index contributed by atoms with van der Waals surface area (Å²) in [6.07, 6.45) is 0. The molecule has 0 atom stereocenters. The predicted molar refractivity (Wildman–Crippen MR) is 90.6 cm³/mol. The molecule has 2 aromatic rings. The van der Waals surface area contributed by atoms with Gasteiger partial charge in [0.05, 0.1) is 5.41 Å². The molecule has 0 fully saturated rings. The fourth-order valence-electron chi connectivity index (χ4n) is 2.46. The van der Waals surface area contributed by atoms with E-state index in [0.29, 0.717) is 5.56 Å². The predicted octanol–water partition coefficient (Wildman–Crippen LogP) is 5.31. The zero-order valence-corrected chi connectivity index (χ0v) is 14.3. The van der Waals surface area contributed by atoms with E-state index in [2.05, 4.69) is 0 Å². The topological polar surface area (TPSA) is 37.3 Å². The normalized spacial score (nSPS) is 12.5. The molecule has 0 amide bonds. The zero-order chi connectivity index (χ0) is 18.1. The van der Waals surface area contributed by atoms with Gasteiger partial charge < -0.3 is 5.11 Å². The first-order valence-corrected chi connectivity index (χ1v) is 7.89. The Hall–Kier alpha value is -2.23. The lowest BCUT2D eigenvalue weighted by Gasteiger charge is -2.22. The third kappa shape index (κ3) is 3.32. The number of alkyl halides is 2. The summed E-state index contributed by atoms with van der Waals surface area (Å²) in [7, 11) is 0. The summed E-state index contributed by atoms with van der Waals surface area (Å²) < 4.78 is 29.4. The van der Waals surface area contributed by atoms with Crippen molar-refractivity contribution < 1.29 is 18.7 Å². The van der Waals surface area contributed by atoms with Crippen LogP contribution < -0.4 is 0 Å². The van der Waals surface area contributed by atoms with Crippen molar-refractivity contribution in [3.63, 3.8) is 0 Å². The molecule has 0 heterocycles. The lowest BCUT2D eigenvalue weighted by molar-refractivity contribution is -0.142. The summed E-state index contributed by atoms with van der Waals surface area (Å²) in [5.41, 5.74) is 0.159. The average Bonchev–Trinajstić information content (AvgIpc) is 2.54. The van der Waals surface area contributed by atoms with Crippen LogP contribution in [-0.2, 0) is 16.1 Å². The molecule has 4 heteroatoms. The molecule has 0 unspecified atom stereocenters. The highest BCUT2D eigenvalue weighted by Crippen LogP contribution is 2.37. The lowest BCUT2D eigenvalue weighted by atomic mass is 9.84. The molecule has 2 aromatic carbocycles. The molecule has 0 aliphatic heterocycles. The minimum Gasteiger partial charge on any atom is -0.481 e. The van der Waals surface area contributed by atoms with Crippen LogP contribution in [0.1, 0.15) is 55.9 Å². The largest absolute Gasteiger partial charge is 0.481 e. The Labute approximate surface area is 141 Å². The van der Waals surface area contributed by atoms with Crippen LogP contribution in [0.2, 0.25) is 0 Å². The minimum absolute atomic E-state index is 0.0721. The van der Waals surface area contributed by atoms with Gasteiger partial charge in [0.15, 0.2) is 0 Å². The van der Waals surface area contributed by atoms with Gasteiger partial charge in [0.2, 0.25) is 0 Å². The molecular formula is C20H22F2O2. The van der Waals surface area contributed by atoms with Crippen molar-refractivity contribution >= 4 is 5.97 Å². The number of carboxylic acids is 1. The number of hydrogen-bond acceptors (Lipinski definition) is 1. The zero-order valence-electron chi connectivity index (χ0n) is 14.3. The van der Waals surface area contributed by atoms with Crippen molar-refractivity contribution in [3.05, 3.63) is 70.8 Å². The van der Waals surface area contributed by atoms with E-state index >= 15 is 0 Å². The standard InChI is InChI=1S/C20H22F2O2/c1-13(2)14-5-7-16(8-6-14)20(21,22)17-11-9-15(10-12-17)19(3,4)18(23)24/h5-13H,1-4H3,(H,23,24). The summed E-state index contributed by atoms with van der Waals surface area (Å²) in [5.74, 6) is -3.84. The molecule has 0 radical (unpaired) electrons. The molecule has 0 bridgehead atoms. The van der Waals surface area contributed by atoms with Gasteiger partial charge in [-0.3, -0.25) is 4.79 Å². The SMILES string of the molecule is CC(C)c1ccc(C(F)(F)c2ccc(C(C)(C)C(=O)O)cc2)cc1. The molecule has 2 nitrogen and oxygen atoms in total. The second kappa shape index (κ2) is 6.34. The molecular weight excluding hydrogens is 310 g/mol. The molecule has 0 saturated carbocycles. The van der Waals surface area contributed by atoms with Crippen LogP contribution in [0, 0.1) is 0 Å². The molecule has 0 aromatic heterocycles. The number of aliphatic carboxylic acids is 1. The molecule has 1 N–H and O–H groups in total. The monoisotopic (exact) mass is 332 g/mol. The van der Waals surface area contributed by atoms with Crippen LogP contribution >= 0.6 is 0 Å². The number of carbonyl (C=O) groups is 1. The Bertz CT molecular complexity index is 714. The number of rotatable bonds is 5. The van der Waals surface area contributed by atoms with E-state index < -0.39 is 17.3 Å². The van der Waals surface area contributed by atoms with Gasteiger partial charge in [-0.05, 0) is 30.9 Å². The molecule has 0 spiro atoms. The summed E-state index contributed by atoms with van der Waals surface area (Å²) in [6, 6.07) is 11.9. The Morgan fingerprint density at radius 2 is 1.25 bits per heavy atom. The van der Waals surface area contributed by atoms with Crippen LogP contribution in [0.3, 0.4) is 0 Å². The third-order valence-corrected chi connectivity index (χ3v) is 4.44. The third-order valence-electron chi connectivity index (χ3n) is 4.44. The number of halogens is 2. The van der Waals surface area contributed by atoms with Crippen LogP contribution in [0.25, 0.3) is 0 Å². The Morgan fingerprint density at radius 1 is 0.875 bits per heavy atom. The van der Waals surface area contributed by atoms with Gasteiger partial charge in [-0.15, -0.1) is 0 Å². The van der Waals surface area contributed by atoms with Crippen LogP contribution in [-0.4, -0.2) is 11.1 Å². The maximum absolute atomic E-state index is 14.7. The van der Waals surface area contributed by atoms with Crippen molar-refractivity contribution in [2.24, 2.45) is 0 Å². The van der Waals surface area contributed by atoms with Gasteiger partial charge in [0, 0.05) is 11.1 Å². The van der Waals surface area contributed by atoms with Crippen molar-refractivity contribution in [3.8, 4) is 0 Å². The molecule has 128 valence electrons. The minimum atomic E-state index is -3.12. The van der Waals surface area contributed by atoms with Gasteiger partial charge in [-0.2, -0.15) is 8.78 Å². The highest BCUT2D eigenvalue weighted by Gasteiger charge is 2.35. The van der Waals surface area contributed by atoms with E-state index in [4.69, 9.17) is 0 Å². The highest BCUT2D eigenvalue weighted by molar-refractivity contribution is 5.80. The van der Waals surface area contributed by atoms with E-state index in [9.17, 15) is 18.7 Å². The fourth-order valence-corrected chi connectivity index (χ4v) is 2.46. The van der Waals surface area contributed by atoms with E-state index in [1.54, 1.807) is 26.0 Å². The first-order valence-electron chi connectivity index (χ1n) is 7.89. The summed E-state index contributed by atoms with van der Waals surface area (Å²) >= 11 is 0. The van der Waals surface area contributed by atoms with Crippen molar-refractivity contribution in [1.82, 2.24) is 0 Å². The van der Waals surface area contributed by atoms with Gasteiger partial charge in [0.1, 0.15) is 0 Å². The smallest absolute Gasteiger partial charge is 0.313 e. The second-order valence-electron chi connectivity index (χ2n) is 6.86. The molecule has 0 saturated heterocycles. The Kier molecular flexibility index (Phi) is 4.79. The van der Waals surface area contributed by atoms with Gasteiger partial charge in [-0.1, -0.05) is 62.4 Å². The molecule has 0 aliphatic carbocycles. The number of carboxylic acid groups (broad SMARTS) is 1. The highest BCUT2D eigenvalue weighted by atomic mass is 19.3. The summed E-state index contributed by atoms with van der Waals surface area (Å²) in [4.78, 5) is 11.3. The van der Waals surface area contributed by atoms with Gasteiger partial charge >= 0.3 is 5.97 Å². The van der Waals surface area contributed by atoms with E-state index in [-0.39, 0.29) is 17.0 Å². The Morgan fingerprint density at radius 3 is 1.62 bits per heavy atom. The second-order valence-corrected chi connectivity index (χ2v) is 6.86. The summed E-state index contributed by atoms with van der Waals surface area (Å²) in [5, 5.41) is 9.22. The summed E-state index contributed by atoms with van der Waals surface area (Å²) in [6.45, 7) is 7.12. The maximum atomic E-state index is 14.7. The van der Waals surface area contributed by atoms with Crippen molar-refractivity contribution in [2.75, 3.05) is 0 Å². The quantitative estimate of drug-likeness (QED) is 0.805. The average molecular weight is 332 g/mol. The van der Waals surface area contributed by atoms with Gasteiger partial charge in [-0.25, -0.2) is 0 Å². The first-order chi connectivity index (χ1) is 11.1. The fraction of sp³-hybridized carbons (Fsp3) is 0.350. The first kappa shape index (κ1) is 18.1.